The predicted octanol–water partition coefficient (Wildman–Crippen LogP) is 3.41. The van der Waals surface area contributed by atoms with Crippen LogP contribution in [0.3, 0.4) is 0 Å². The summed E-state index contributed by atoms with van der Waals surface area (Å²) in [6.45, 7) is 4.11. The summed E-state index contributed by atoms with van der Waals surface area (Å²) in [5.74, 6) is 0.862. The van der Waals surface area contributed by atoms with Crippen LogP contribution in [0.1, 0.15) is 25.0 Å². The van der Waals surface area contributed by atoms with Gasteiger partial charge in [-0.2, -0.15) is 5.10 Å². The average molecular weight is 310 g/mol. The fourth-order valence-electron chi connectivity index (χ4n) is 2.23. The lowest BCUT2D eigenvalue weighted by atomic mass is 10.0. The second-order valence-electron chi connectivity index (χ2n) is 5.58. The first-order chi connectivity index (χ1) is 11.1. The molecule has 2 aromatic rings. The van der Waals surface area contributed by atoms with E-state index in [-0.39, 0.29) is 18.2 Å². The molecule has 0 radical (unpaired) electrons. The van der Waals surface area contributed by atoms with Crippen molar-refractivity contribution in [2.24, 2.45) is 11.0 Å². The molecule has 1 amide bonds. The maximum atomic E-state index is 12.1. The van der Waals surface area contributed by atoms with Crippen molar-refractivity contribution < 1.29 is 9.53 Å². The van der Waals surface area contributed by atoms with Crippen LogP contribution in [0.5, 0.6) is 5.75 Å². The van der Waals surface area contributed by atoms with Crippen LogP contribution >= 0.6 is 0 Å². The Morgan fingerprint density at radius 3 is 2.30 bits per heavy atom. The summed E-state index contributed by atoms with van der Waals surface area (Å²) in [6.07, 6.45) is 0.285. The molecule has 1 N–H and O–H groups in total. The van der Waals surface area contributed by atoms with E-state index in [2.05, 4.69) is 24.4 Å². The number of benzene rings is 2. The summed E-state index contributed by atoms with van der Waals surface area (Å²) in [7, 11) is 1.62. The minimum Gasteiger partial charge on any atom is -0.497 e. The average Bonchev–Trinajstić information content (AvgIpc) is 2.56. The van der Waals surface area contributed by atoms with Gasteiger partial charge in [0.1, 0.15) is 5.75 Å². The van der Waals surface area contributed by atoms with Crippen molar-refractivity contribution in [3.05, 3.63) is 65.7 Å². The van der Waals surface area contributed by atoms with Crippen LogP contribution in [-0.4, -0.2) is 18.7 Å². The normalized spacial score (nSPS) is 11.4. The largest absolute Gasteiger partial charge is 0.497 e. The number of carbonyl (C=O) groups excluding carboxylic acids is 1. The summed E-state index contributed by atoms with van der Waals surface area (Å²) in [6, 6.07) is 17.3. The van der Waals surface area contributed by atoms with Gasteiger partial charge in [0.05, 0.1) is 19.2 Å². The van der Waals surface area contributed by atoms with Crippen LogP contribution in [0.2, 0.25) is 0 Å². The number of carbonyl (C=O) groups is 1. The molecule has 0 unspecified atom stereocenters. The van der Waals surface area contributed by atoms with E-state index in [1.54, 1.807) is 7.11 Å². The number of rotatable bonds is 6. The van der Waals surface area contributed by atoms with E-state index in [1.807, 2.05) is 54.6 Å². The minimum atomic E-state index is -0.135. The second kappa shape index (κ2) is 8.13. The Morgan fingerprint density at radius 2 is 1.74 bits per heavy atom. The van der Waals surface area contributed by atoms with E-state index in [0.717, 1.165) is 22.6 Å². The van der Waals surface area contributed by atoms with E-state index in [4.69, 9.17) is 4.74 Å². The van der Waals surface area contributed by atoms with Crippen molar-refractivity contribution in [1.29, 1.82) is 0 Å². The molecule has 23 heavy (non-hydrogen) atoms. The Morgan fingerprint density at radius 1 is 1.09 bits per heavy atom. The first-order valence-electron chi connectivity index (χ1n) is 7.65. The third-order valence-electron chi connectivity index (χ3n) is 3.44. The molecule has 0 spiro atoms. The van der Waals surface area contributed by atoms with Gasteiger partial charge in [0, 0.05) is 0 Å². The molecule has 0 atom stereocenters. The summed E-state index contributed by atoms with van der Waals surface area (Å²) in [5, 5.41) is 4.32. The highest BCUT2D eigenvalue weighted by molar-refractivity contribution is 6.02. The Labute approximate surface area is 137 Å². The molecular weight excluding hydrogens is 288 g/mol. The lowest BCUT2D eigenvalue weighted by molar-refractivity contribution is -0.120. The number of hydrazone groups is 1. The molecule has 120 valence electrons. The van der Waals surface area contributed by atoms with Crippen LogP contribution in [0.15, 0.2) is 59.7 Å². The third kappa shape index (κ3) is 4.95. The van der Waals surface area contributed by atoms with E-state index >= 15 is 0 Å². The monoisotopic (exact) mass is 310 g/mol. The van der Waals surface area contributed by atoms with Gasteiger partial charge in [0.25, 0.3) is 0 Å². The first-order valence-corrected chi connectivity index (χ1v) is 7.65. The van der Waals surface area contributed by atoms with Crippen LogP contribution in [-0.2, 0) is 11.2 Å². The van der Waals surface area contributed by atoms with E-state index in [1.165, 1.54) is 0 Å². The second-order valence-corrected chi connectivity index (χ2v) is 5.58. The molecule has 2 aromatic carbocycles. The summed E-state index contributed by atoms with van der Waals surface area (Å²) in [5.41, 5.74) is 5.47. The van der Waals surface area contributed by atoms with Gasteiger partial charge < -0.3 is 4.74 Å². The summed E-state index contributed by atoms with van der Waals surface area (Å²) in [4.78, 5) is 12.1. The van der Waals surface area contributed by atoms with Gasteiger partial charge in [-0.05, 0) is 29.2 Å². The van der Waals surface area contributed by atoms with Crippen molar-refractivity contribution in [3.8, 4) is 5.75 Å². The van der Waals surface area contributed by atoms with Crippen molar-refractivity contribution in [2.45, 2.75) is 20.3 Å². The van der Waals surface area contributed by atoms with Gasteiger partial charge in [-0.15, -0.1) is 0 Å². The predicted molar refractivity (Wildman–Crippen MR) is 92.7 cm³/mol. The number of hydrogen-bond acceptors (Lipinski definition) is 3. The molecule has 0 aliphatic rings. The van der Waals surface area contributed by atoms with Gasteiger partial charge in [-0.25, -0.2) is 5.43 Å². The number of amides is 1. The number of nitrogens with zero attached hydrogens (tertiary/aromatic N) is 1. The van der Waals surface area contributed by atoms with Crippen LogP contribution in [0.25, 0.3) is 0 Å². The Balaban J connectivity index is 2.02. The van der Waals surface area contributed by atoms with Gasteiger partial charge in [0.15, 0.2) is 0 Å². The molecule has 0 saturated carbocycles. The molecule has 0 aliphatic carbocycles. The highest BCUT2D eigenvalue weighted by Crippen LogP contribution is 2.12. The zero-order valence-electron chi connectivity index (χ0n) is 13.7. The Bertz CT molecular complexity index is 662. The highest BCUT2D eigenvalue weighted by Gasteiger charge is 2.09. The lowest BCUT2D eigenvalue weighted by Gasteiger charge is -2.10. The summed E-state index contributed by atoms with van der Waals surface area (Å²) >= 11 is 0. The molecule has 4 heteroatoms. The van der Waals surface area contributed by atoms with Gasteiger partial charge in [0.2, 0.25) is 5.91 Å². The van der Waals surface area contributed by atoms with Crippen LogP contribution in [0, 0.1) is 5.92 Å². The zero-order chi connectivity index (χ0) is 16.7. The van der Waals surface area contributed by atoms with Crippen molar-refractivity contribution in [1.82, 2.24) is 5.43 Å². The highest BCUT2D eigenvalue weighted by atomic mass is 16.5. The number of ether oxygens (including phenoxy) is 1. The third-order valence-corrected chi connectivity index (χ3v) is 3.44. The molecule has 4 nitrogen and oxygen atoms in total. The topological polar surface area (TPSA) is 50.7 Å². The molecule has 2 rings (SSSR count). The first kappa shape index (κ1) is 16.7. The van der Waals surface area contributed by atoms with Gasteiger partial charge >= 0.3 is 0 Å². The molecule has 0 fully saturated rings. The molecular formula is C19H22N2O2. The van der Waals surface area contributed by atoms with Crippen molar-refractivity contribution in [3.63, 3.8) is 0 Å². The smallest absolute Gasteiger partial charge is 0.244 e. The number of hydrogen-bond donors (Lipinski definition) is 1. The van der Waals surface area contributed by atoms with E-state index in [0.29, 0.717) is 0 Å². The molecule has 0 aliphatic heterocycles. The molecule has 0 bridgehead atoms. The van der Waals surface area contributed by atoms with Crippen LogP contribution in [0.4, 0.5) is 0 Å². The van der Waals surface area contributed by atoms with Crippen LogP contribution < -0.4 is 10.2 Å². The summed E-state index contributed by atoms with van der Waals surface area (Å²) < 4.78 is 5.11. The maximum Gasteiger partial charge on any atom is 0.244 e. The Hall–Kier alpha value is -2.62. The molecule has 0 saturated heterocycles. The fourth-order valence-corrected chi connectivity index (χ4v) is 2.23. The SMILES string of the molecule is COc1ccc(CC(=O)N/N=C(\c2ccccc2)C(C)C)cc1. The molecule has 0 heterocycles. The molecule has 0 aromatic heterocycles. The minimum absolute atomic E-state index is 0.135. The fraction of sp³-hybridized carbons (Fsp3) is 0.263. The maximum absolute atomic E-state index is 12.1. The lowest BCUT2D eigenvalue weighted by Crippen LogP contribution is -2.23. The van der Waals surface area contributed by atoms with E-state index in [9.17, 15) is 4.79 Å². The Kier molecular flexibility index (Phi) is 5.92. The van der Waals surface area contributed by atoms with Gasteiger partial charge in [-0.1, -0.05) is 56.3 Å². The van der Waals surface area contributed by atoms with E-state index < -0.39 is 0 Å². The van der Waals surface area contributed by atoms with Gasteiger partial charge in [-0.3, -0.25) is 4.79 Å². The zero-order valence-corrected chi connectivity index (χ0v) is 13.7. The quantitative estimate of drug-likeness (QED) is 0.656. The number of methoxy groups -OCH3 is 1. The number of nitrogens with one attached hydrogen (secondary N) is 1. The van der Waals surface area contributed by atoms with Crippen molar-refractivity contribution >= 4 is 11.6 Å². The standard InChI is InChI=1S/C19H22N2O2/c1-14(2)19(16-7-5-4-6-8-16)21-20-18(22)13-15-9-11-17(23-3)12-10-15/h4-12,14H,13H2,1-3H3,(H,20,22)/b21-19-. The van der Waals surface area contributed by atoms with Crippen molar-refractivity contribution in [2.75, 3.05) is 7.11 Å².